The van der Waals surface area contributed by atoms with Crippen LogP contribution in [0.4, 0.5) is 4.79 Å². The van der Waals surface area contributed by atoms with Gasteiger partial charge in [-0.3, -0.25) is 19.2 Å². The zero-order chi connectivity index (χ0) is 43.4. The number of rotatable bonds is 12. The van der Waals surface area contributed by atoms with Gasteiger partial charge in [0.2, 0.25) is 11.8 Å². The third-order valence-electron chi connectivity index (χ3n) is 9.50. The van der Waals surface area contributed by atoms with Gasteiger partial charge in [0, 0.05) is 25.3 Å². The average molecular weight is 842 g/mol. The maximum atomic E-state index is 13.7. The molecule has 2 heterocycles. The first kappa shape index (κ1) is 46.5. The van der Waals surface area contributed by atoms with Crippen LogP contribution in [0.1, 0.15) is 84.1 Å². The first-order valence-corrected chi connectivity index (χ1v) is 20.1. The van der Waals surface area contributed by atoms with Crippen molar-refractivity contribution in [3.05, 3.63) is 76.3 Å². The van der Waals surface area contributed by atoms with E-state index in [2.05, 4.69) is 16.0 Å². The van der Waals surface area contributed by atoms with Gasteiger partial charge in [0.1, 0.15) is 42.8 Å². The highest BCUT2D eigenvalue weighted by Gasteiger charge is 2.48. The van der Waals surface area contributed by atoms with E-state index in [0.717, 1.165) is 5.56 Å². The number of halogens is 1. The summed E-state index contributed by atoms with van der Waals surface area (Å²) in [7, 11) is 1.49. The zero-order valence-corrected chi connectivity index (χ0v) is 35.6. The smallest absolute Gasteiger partial charge is 0.408 e. The van der Waals surface area contributed by atoms with E-state index in [9.17, 15) is 28.8 Å². The number of epoxide rings is 1. The molecule has 0 aliphatic carbocycles. The van der Waals surface area contributed by atoms with E-state index < -0.39 is 65.6 Å². The van der Waals surface area contributed by atoms with Gasteiger partial charge in [0.15, 0.2) is 6.10 Å². The second kappa shape index (κ2) is 21.2. The molecule has 1 fully saturated rings. The fraction of sp³-hybridized carbons (Fsp3) is 0.535. The van der Waals surface area contributed by atoms with Gasteiger partial charge in [-0.15, -0.1) is 0 Å². The Bertz CT molecular complexity index is 1840. The van der Waals surface area contributed by atoms with Crippen LogP contribution in [-0.4, -0.2) is 86.0 Å². The predicted octanol–water partition coefficient (Wildman–Crippen LogP) is 5.30. The maximum Gasteiger partial charge on any atom is 0.408 e. The Morgan fingerprint density at radius 2 is 1.68 bits per heavy atom. The van der Waals surface area contributed by atoms with Gasteiger partial charge in [-0.2, -0.15) is 0 Å². The lowest BCUT2D eigenvalue weighted by Crippen LogP contribution is -2.49. The first-order valence-electron chi connectivity index (χ1n) is 19.7. The Morgan fingerprint density at radius 1 is 0.983 bits per heavy atom. The van der Waals surface area contributed by atoms with Crippen LogP contribution in [0.3, 0.4) is 0 Å². The first-order chi connectivity index (χ1) is 27.8. The monoisotopic (exact) mass is 841 g/mol. The number of methoxy groups -OCH3 is 1. The molecule has 1 saturated heterocycles. The summed E-state index contributed by atoms with van der Waals surface area (Å²) in [4.78, 5) is 77.6. The highest BCUT2D eigenvalue weighted by atomic mass is 35.5. The van der Waals surface area contributed by atoms with Crippen LogP contribution in [0.5, 0.6) is 5.75 Å². The van der Waals surface area contributed by atoms with Crippen LogP contribution < -0.4 is 20.7 Å². The van der Waals surface area contributed by atoms with E-state index in [-0.39, 0.29) is 63.0 Å². The molecular weight excluding hydrogens is 786 g/mol. The van der Waals surface area contributed by atoms with Crippen LogP contribution in [-0.2, 0) is 60.7 Å². The third kappa shape index (κ3) is 14.9. The molecule has 0 radical (unpaired) electrons. The molecule has 16 heteroatoms. The number of carbonyl (C=O) groups excluding carboxylic acids is 6. The highest BCUT2D eigenvalue weighted by Crippen LogP contribution is 2.45. The van der Waals surface area contributed by atoms with Gasteiger partial charge in [-0.1, -0.05) is 75.7 Å². The van der Waals surface area contributed by atoms with Crippen molar-refractivity contribution < 1.29 is 57.2 Å². The molecule has 4 rings (SSSR count). The molecule has 59 heavy (non-hydrogen) atoms. The molecule has 15 nitrogen and oxygen atoms in total. The molecule has 0 spiro atoms. The summed E-state index contributed by atoms with van der Waals surface area (Å²) >= 11 is 6.33. The molecule has 3 amide bonds. The number of benzene rings is 2. The number of nitrogens with one attached hydrogen (secondary N) is 3. The van der Waals surface area contributed by atoms with Gasteiger partial charge in [-0.05, 0) is 68.0 Å². The lowest BCUT2D eigenvalue weighted by molar-refractivity contribution is -0.176. The Hall–Kier alpha value is -5.15. The van der Waals surface area contributed by atoms with Gasteiger partial charge >= 0.3 is 24.0 Å². The summed E-state index contributed by atoms with van der Waals surface area (Å²) < 4.78 is 33.5. The molecule has 2 aliphatic rings. The molecular formula is C43H56ClN3O12. The fourth-order valence-electron chi connectivity index (χ4n) is 6.22. The van der Waals surface area contributed by atoms with E-state index >= 15 is 0 Å². The van der Waals surface area contributed by atoms with Crippen LogP contribution >= 0.6 is 11.6 Å². The van der Waals surface area contributed by atoms with Crippen molar-refractivity contribution in [3.8, 4) is 5.75 Å². The Labute approximate surface area is 350 Å². The minimum atomic E-state index is -1.20. The predicted molar refractivity (Wildman–Crippen MR) is 216 cm³/mol. The fourth-order valence-corrected chi connectivity index (χ4v) is 6.50. The molecule has 2 aromatic rings. The SMILES string of the molecule is COc1ccc(CC2NC(=O)/C=C/CC(C(C)C3OC3c3ccc(COC(=O)CNC(=O)OC(C)(C)C)cc3)OC(=O)C(CC(C)C)OC(=O)C(C)CNC2=O)cc1Cl. The van der Waals surface area contributed by atoms with Crippen LogP contribution in [0.25, 0.3) is 0 Å². The minimum absolute atomic E-state index is 0.0133. The molecule has 0 bridgehead atoms. The Balaban J connectivity index is 1.46. The largest absolute Gasteiger partial charge is 0.495 e. The minimum Gasteiger partial charge on any atom is -0.495 e. The third-order valence-corrected chi connectivity index (χ3v) is 9.80. The highest BCUT2D eigenvalue weighted by molar-refractivity contribution is 6.32. The number of amides is 3. The number of alkyl carbamates (subject to hydrolysis) is 1. The molecule has 0 aromatic heterocycles. The van der Waals surface area contributed by atoms with Crippen LogP contribution in [0.15, 0.2) is 54.6 Å². The lowest BCUT2D eigenvalue weighted by atomic mass is 9.93. The maximum absolute atomic E-state index is 13.7. The average Bonchev–Trinajstić information content (AvgIpc) is 3.97. The number of carbonyl (C=O) groups is 6. The summed E-state index contributed by atoms with van der Waals surface area (Å²) in [6.45, 7) is 11.9. The second-order valence-corrected chi connectivity index (χ2v) is 16.6. The summed E-state index contributed by atoms with van der Waals surface area (Å²) in [5, 5.41) is 8.17. The molecule has 7 atom stereocenters. The number of cyclic esters (lactones) is 2. The summed E-state index contributed by atoms with van der Waals surface area (Å²) in [6, 6.07) is 11.3. The standard InChI is InChI=1S/C43H56ClN3O12/c1-24(2)18-34-41(52)56-32(26(4)37-38(58-37)29-15-12-27(13-16-29)23-55-36(49)22-46-42(53)59-43(5,6)7)10-9-11-35(48)47-31(39(50)45-21-25(3)40(51)57-34)20-28-14-17-33(54-8)30(44)19-28/h9,11-17,19,24-26,31-32,34,37-38H,10,18,20-23H2,1-8H3,(H,45,50)(H,46,53)(H,47,48)/b11-9+. The van der Waals surface area contributed by atoms with Gasteiger partial charge < -0.3 is 44.4 Å². The Morgan fingerprint density at radius 3 is 2.32 bits per heavy atom. The van der Waals surface area contributed by atoms with Crippen molar-refractivity contribution in [1.29, 1.82) is 0 Å². The Kier molecular flexibility index (Phi) is 16.7. The van der Waals surface area contributed by atoms with E-state index in [0.29, 0.717) is 21.9 Å². The van der Waals surface area contributed by atoms with Crippen molar-refractivity contribution in [2.24, 2.45) is 17.8 Å². The van der Waals surface area contributed by atoms with Crippen molar-refractivity contribution in [3.63, 3.8) is 0 Å². The van der Waals surface area contributed by atoms with Crippen molar-refractivity contribution in [2.45, 2.75) is 110 Å². The number of ether oxygens (including phenoxy) is 6. The van der Waals surface area contributed by atoms with Crippen molar-refractivity contribution in [2.75, 3.05) is 20.2 Å². The summed E-state index contributed by atoms with van der Waals surface area (Å²) in [6.07, 6.45) is -0.119. The molecule has 2 aromatic carbocycles. The van der Waals surface area contributed by atoms with E-state index in [1.54, 1.807) is 64.1 Å². The number of hydrogen-bond donors (Lipinski definition) is 3. The quantitative estimate of drug-likeness (QED) is 0.142. The van der Waals surface area contributed by atoms with E-state index in [4.69, 9.17) is 40.0 Å². The zero-order valence-electron chi connectivity index (χ0n) is 34.8. The van der Waals surface area contributed by atoms with Gasteiger partial charge in [0.25, 0.3) is 0 Å². The normalized spacial score (nSPS) is 24.1. The molecule has 0 saturated carbocycles. The van der Waals surface area contributed by atoms with E-state index in [1.165, 1.54) is 13.2 Å². The van der Waals surface area contributed by atoms with Crippen molar-refractivity contribution >= 4 is 47.4 Å². The van der Waals surface area contributed by atoms with Crippen molar-refractivity contribution in [1.82, 2.24) is 16.0 Å². The molecule has 2 aliphatic heterocycles. The topological polar surface area (TPSA) is 197 Å². The second-order valence-electron chi connectivity index (χ2n) is 16.2. The van der Waals surface area contributed by atoms with Crippen LogP contribution in [0.2, 0.25) is 5.02 Å². The van der Waals surface area contributed by atoms with E-state index in [1.807, 2.05) is 32.9 Å². The molecule has 3 N–H and O–H groups in total. The van der Waals surface area contributed by atoms with Crippen LogP contribution in [0, 0.1) is 17.8 Å². The molecule has 322 valence electrons. The number of hydrogen-bond acceptors (Lipinski definition) is 12. The lowest BCUT2D eigenvalue weighted by Gasteiger charge is -2.27. The summed E-state index contributed by atoms with van der Waals surface area (Å²) in [5.74, 6) is -3.87. The molecule has 7 unspecified atom stereocenters. The van der Waals surface area contributed by atoms with Gasteiger partial charge in [0.05, 0.1) is 24.2 Å². The van der Waals surface area contributed by atoms with Gasteiger partial charge in [-0.25, -0.2) is 9.59 Å². The summed E-state index contributed by atoms with van der Waals surface area (Å²) in [5.41, 5.74) is 1.53. The number of esters is 3.